The van der Waals surface area contributed by atoms with Crippen molar-refractivity contribution in [2.24, 2.45) is 0 Å². The quantitative estimate of drug-likeness (QED) is 0.628. The molecule has 0 aliphatic carbocycles. The van der Waals surface area contributed by atoms with E-state index in [0.29, 0.717) is 11.5 Å². The van der Waals surface area contributed by atoms with Crippen molar-refractivity contribution >= 4 is 29.0 Å². The second-order valence-electron chi connectivity index (χ2n) is 5.47. The highest BCUT2D eigenvalue weighted by molar-refractivity contribution is 7.12. The standard InChI is InChI=1S/C21H19NO2S/c1-2-8-17-9-6-7-12-19(17)24-14-16-13-20(25-15-16)21(23)22-18-10-4-3-5-11-18/h2-13,15H,14H2,1H3,(H,22,23)/b8-2+. The van der Waals surface area contributed by atoms with E-state index in [1.165, 1.54) is 11.3 Å². The fourth-order valence-corrected chi connectivity index (χ4v) is 3.17. The Morgan fingerprint density at radius 2 is 1.88 bits per heavy atom. The lowest BCUT2D eigenvalue weighted by Crippen LogP contribution is -2.09. The summed E-state index contributed by atoms with van der Waals surface area (Å²) >= 11 is 1.42. The molecular weight excluding hydrogens is 330 g/mol. The molecular formula is C21H19NO2S. The average Bonchev–Trinajstić information content (AvgIpc) is 3.11. The molecule has 0 saturated carbocycles. The predicted octanol–water partition coefficient (Wildman–Crippen LogP) is 5.61. The van der Waals surface area contributed by atoms with Gasteiger partial charge in [0.25, 0.3) is 5.91 Å². The zero-order chi connectivity index (χ0) is 17.5. The Morgan fingerprint density at radius 3 is 2.68 bits per heavy atom. The normalized spacial score (nSPS) is 10.8. The van der Waals surface area contributed by atoms with Crippen molar-refractivity contribution < 1.29 is 9.53 Å². The van der Waals surface area contributed by atoms with Gasteiger partial charge in [0.15, 0.2) is 0 Å². The monoisotopic (exact) mass is 349 g/mol. The number of amides is 1. The molecule has 126 valence electrons. The van der Waals surface area contributed by atoms with E-state index >= 15 is 0 Å². The molecule has 0 radical (unpaired) electrons. The van der Waals surface area contributed by atoms with Gasteiger partial charge in [0.1, 0.15) is 12.4 Å². The number of carbonyl (C=O) groups excluding carboxylic acids is 1. The Labute approximate surface area is 151 Å². The first kappa shape index (κ1) is 17.0. The predicted molar refractivity (Wildman–Crippen MR) is 104 cm³/mol. The lowest BCUT2D eigenvalue weighted by molar-refractivity contribution is 0.103. The van der Waals surface area contributed by atoms with Gasteiger partial charge < -0.3 is 10.1 Å². The van der Waals surface area contributed by atoms with E-state index in [-0.39, 0.29) is 5.91 Å². The molecule has 25 heavy (non-hydrogen) atoms. The molecule has 0 fully saturated rings. The summed E-state index contributed by atoms with van der Waals surface area (Å²) < 4.78 is 5.91. The smallest absolute Gasteiger partial charge is 0.265 e. The highest BCUT2D eigenvalue weighted by Crippen LogP contribution is 2.23. The van der Waals surface area contributed by atoms with Gasteiger partial charge in [-0.2, -0.15) is 0 Å². The van der Waals surface area contributed by atoms with Gasteiger partial charge in [-0.15, -0.1) is 11.3 Å². The van der Waals surface area contributed by atoms with Crippen LogP contribution in [0.4, 0.5) is 5.69 Å². The first-order valence-electron chi connectivity index (χ1n) is 8.04. The van der Waals surface area contributed by atoms with Crippen LogP contribution in [0, 0.1) is 0 Å². The average molecular weight is 349 g/mol. The molecule has 4 heteroatoms. The Hall–Kier alpha value is -2.85. The number of ether oxygens (including phenoxy) is 1. The first-order chi connectivity index (χ1) is 12.3. The molecule has 3 nitrogen and oxygen atoms in total. The van der Waals surface area contributed by atoms with Gasteiger partial charge in [0.05, 0.1) is 4.88 Å². The number of hydrogen-bond acceptors (Lipinski definition) is 3. The molecule has 1 N–H and O–H groups in total. The van der Waals surface area contributed by atoms with Gasteiger partial charge in [-0.3, -0.25) is 4.79 Å². The zero-order valence-electron chi connectivity index (χ0n) is 13.9. The van der Waals surface area contributed by atoms with Gasteiger partial charge in [-0.1, -0.05) is 48.6 Å². The highest BCUT2D eigenvalue weighted by Gasteiger charge is 2.10. The number of rotatable bonds is 6. The summed E-state index contributed by atoms with van der Waals surface area (Å²) in [5, 5.41) is 4.85. The molecule has 3 rings (SSSR count). The third-order valence-corrected chi connectivity index (χ3v) is 4.55. The number of thiophene rings is 1. The van der Waals surface area contributed by atoms with Gasteiger partial charge >= 0.3 is 0 Å². The maximum absolute atomic E-state index is 12.3. The fourth-order valence-electron chi connectivity index (χ4n) is 2.37. The molecule has 0 atom stereocenters. The van der Waals surface area contributed by atoms with E-state index < -0.39 is 0 Å². The maximum Gasteiger partial charge on any atom is 0.265 e. The number of para-hydroxylation sites is 2. The number of anilines is 1. The molecule has 0 bridgehead atoms. The van der Waals surface area contributed by atoms with E-state index in [1.807, 2.05) is 85.1 Å². The largest absolute Gasteiger partial charge is 0.488 e. The highest BCUT2D eigenvalue weighted by atomic mass is 32.1. The lowest BCUT2D eigenvalue weighted by atomic mass is 10.2. The molecule has 1 aromatic heterocycles. The van der Waals surface area contributed by atoms with Gasteiger partial charge in [-0.25, -0.2) is 0 Å². The molecule has 0 aliphatic heterocycles. The summed E-state index contributed by atoms with van der Waals surface area (Å²) in [5.41, 5.74) is 2.82. The van der Waals surface area contributed by atoms with E-state index in [4.69, 9.17) is 4.74 Å². The minimum absolute atomic E-state index is 0.100. The van der Waals surface area contributed by atoms with Crippen molar-refractivity contribution in [2.75, 3.05) is 5.32 Å². The molecule has 0 saturated heterocycles. The van der Waals surface area contributed by atoms with Gasteiger partial charge in [0, 0.05) is 16.8 Å². The van der Waals surface area contributed by atoms with Crippen molar-refractivity contribution in [1.82, 2.24) is 0 Å². The van der Waals surface area contributed by atoms with Crippen LogP contribution in [0.2, 0.25) is 0 Å². The van der Waals surface area contributed by atoms with Crippen molar-refractivity contribution in [1.29, 1.82) is 0 Å². The summed E-state index contributed by atoms with van der Waals surface area (Å²) in [7, 11) is 0. The lowest BCUT2D eigenvalue weighted by Gasteiger charge is -2.08. The van der Waals surface area contributed by atoms with E-state index in [2.05, 4.69) is 5.32 Å². The Kier molecular flexibility index (Phi) is 5.65. The van der Waals surface area contributed by atoms with Crippen LogP contribution < -0.4 is 10.1 Å². The first-order valence-corrected chi connectivity index (χ1v) is 8.92. The van der Waals surface area contributed by atoms with Crippen LogP contribution in [-0.4, -0.2) is 5.91 Å². The number of benzene rings is 2. The van der Waals surface area contributed by atoms with Crippen LogP contribution >= 0.6 is 11.3 Å². The molecule has 0 aliphatic rings. The summed E-state index contributed by atoms with van der Waals surface area (Å²) in [6.45, 7) is 2.41. The van der Waals surface area contributed by atoms with E-state index in [1.54, 1.807) is 0 Å². The Bertz CT molecular complexity index is 868. The summed E-state index contributed by atoms with van der Waals surface area (Å²) in [5.74, 6) is 0.735. The van der Waals surface area contributed by atoms with Gasteiger partial charge in [0.2, 0.25) is 0 Å². The molecule has 3 aromatic rings. The minimum Gasteiger partial charge on any atom is -0.488 e. The minimum atomic E-state index is -0.100. The fraction of sp³-hybridized carbons (Fsp3) is 0.0952. The van der Waals surface area contributed by atoms with Crippen LogP contribution in [0.25, 0.3) is 6.08 Å². The van der Waals surface area contributed by atoms with Crippen molar-refractivity contribution in [2.45, 2.75) is 13.5 Å². The van der Waals surface area contributed by atoms with Crippen LogP contribution in [-0.2, 0) is 6.61 Å². The number of hydrogen-bond donors (Lipinski definition) is 1. The Morgan fingerprint density at radius 1 is 1.12 bits per heavy atom. The SMILES string of the molecule is C/C=C/c1ccccc1OCc1csc(C(=O)Nc2ccccc2)c1. The summed E-state index contributed by atoms with van der Waals surface area (Å²) in [6, 6.07) is 19.2. The van der Waals surface area contributed by atoms with Crippen LogP contribution in [0.15, 0.2) is 72.1 Å². The number of nitrogens with one attached hydrogen (secondary N) is 1. The van der Waals surface area contributed by atoms with Crippen molar-refractivity contribution in [3.63, 3.8) is 0 Å². The number of allylic oxidation sites excluding steroid dienone is 1. The zero-order valence-corrected chi connectivity index (χ0v) is 14.8. The number of carbonyl (C=O) groups is 1. The molecule has 0 unspecified atom stereocenters. The topological polar surface area (TPSA) is 38.3 Å². The Balaban J connectivity index is 1.63. The molecule has 1 amide bonds. The summed E-state index contributed by atoms with van der Waals surface area (Å²) in [6.07, 6.45) is 4.00. The van der Waals surface area contributed by atoms with Crippen molar-refractivity contribution in [3.8, 4) is 5.75 Å². The molecule has 0 spiro atoms. The summed E-state index contributed by atoms with van der Waals surface area (Å²) in [4.78, 5) is 13.0. The van der Waals surface area contributed by atoms with Crippen LogP contribution in [0.5, 0.6) is 5.75 Å². The maximum atomic E-state index is 12.3. The third-order valence-electron chi connectivity index (χ3n) is 3.57. The van der Waals surface area contributed by atoms with E-state index in [9.17, 15) is 4.79 Å². The molecule has 2 aromatic carbocycles. The van der Waals surface area contributed by atoms with Crippen molar-refractivity contribution in [3.05, 3.63) is 88.1 Å². The van der Waals surface area contributed by atoms with Gasteiger partial charge in [-0.05, 0) is 36.6 Å². The van der Waals surface area contributed by atoms with Crippen LogP contribution in [0.1, 0.15) is 27.7 Å². The second-order valence-corrected chi connectivity index (χ2v) is 6.38. The molecule has 1 heterocycles. The second kappa shape index (κ2) is 8.31. The third kappa shape index (κ3) is 4.58. The van der Waals surface area contributed by atoms with Crippen LogP contribution in [0.3, 0.4) is 0 Å². The van der Waals surface area contributed by atoms with E-state index in [0.717, 1.165) is 22.6 Å².